The van der Waals surface area contributed by atoms with Crippen LogP contribution in [0.3, 0.4) is 0 Å². The number of rotatable bonds is 2. The van der Waals surface area contributed by atoms with Gasteiger partial charge in [-0.1, -0.05) is 0 Å². The van der Waals surface area contributed by atoms with Crippen LogP contribution in [0.15, 0.2) is 0 Å². The fourth-order valence-corrected chi connectivity index (χ4v) is 2.58. The molecule has 0 N–H and O–H groups in total. The third kappa shape index (κ3) is 3.94. The van der Waals surface area contributed by atoms with Crippen LogP contribution in [0.5, 0.6) is 0 Å². The average Bonchev–Trinajstić information content (AvgIpc) is 1.85. The number of hydrogen-bond acceptors (Lipinski definition) is 3. The third-order valence-electron chi connectivity index (χ3n) is 1.69. The standard InChI is InChI=1S/C6H11ClO3S/c7-11(8,9)5-6-2-1-3-10-4-6/h6H,1-5H2/t6-/m0/s1. The maximum absolute atomic E-state index is 10.6. The molecule has 0 aliphatic carbocycles. The fourth-order valence-electron chi connectivity index (χ4n) is 1.22. The third-order valence-corrected chi connectivity index (χ3v) is 2.94. The van der Waals surface area contributed by atoms with Crippen molar-refractivity contribution in [1.82, 2.24) is 0 Å². The monoisotopic (exact) mass is 198 g/mol. The molecule has 66 valence electrons. The number of hydrogen-bond donors (Lipinski definition) is 0. The van der Waals surface area contributed by atoms with Crippen LogP contribution in [0.1, 0.15) is 12.8 Å². The molecule has 1 heterocycles. The maximum atomic E-state index is 10.6. The number of halogens is 1. The summed E-state index contributed by atoms with van der Waals surface area (Å²) in [6.07, 6.45) is 1.85. The van der Waals surface area contributed by atoms with Gasteiger partial charge in [0.25, 0.3) is 0 Å². The lowest BCUT2D eigenvalue weighted by molar-refractivity contribution is 0.0627. The Bertz CT molecular complexity index is 206. The molecule has 1 fully saturated rings. The van der Waals surface area contributed by atoms with E-state index in [9.17, 15) is 8.42 Å². The summed E-state index contributed by atoms with van der Waals surface area (Å²) in [5.74, 6) is 0.153. The molecule has 3 nitrogen and oxygen atoms in total. The highest BCUT2D eigenvalue weighted by molar-refractivity contribution is 8.13. The van der Waals surface area contributed by atoms with Gasteiger partial charge >= 0.3 is 0 Å². The molecule has 0 aromatic carbocycles. The average molecular weight is 199 g/mol. The molecule has 0 bridgehead atoms. The lowest BCUT2D eigenvalue weighted by Gasteiger charge is -2.20. The first-order valence-electron chi connectivity index (χ1n) is 3.58. The Morgan fingerprint density at radius 1 is 1.55 bits per heavy atom. The van der Waals surface area contributed by atoms with Crippen LogP contribution in [0.2, 0.25) is 0 Å². The minimum absolute atomic E-state index is 0.0502. The predicted octanol–water partition coefficient (Wildman–Crippen LogP) is 0.982. The van der Waals surface area contributed by atoms with E-state index in [4.69, 9.17) is 15.4 Å². The second-order valence-electron chi connectivity index (χ2n) is 2.79. The Labute approximate surface area is 71.1 Å². The zero-order valence-corrected chi connectivity index (χ0v) is 7.70. The molecule has 0 spiro atoms. The Morgan fingerprint density at radius 3 is 2.73 bits per heavy atom. The lowest BCUT2D eigenvalue weighted by Crippen LogP contribution is -2.22. The van der Waals surface area contributed by atoms with Gasteiger partial charge in [-0.3, -0.25) is 0 Å². The van der Waals surface area contributed by atoms with Crippen molar-refractivity contribution in [3.63, 3.8) is 0 Å². The molecule has 0 aromatic heterocycles. The summed E-state index contributed by atoms with van der Waals surface area (Å²) >= 11 is 0. The lowest BCUT2D eigenvalue weighted by atomic mass is 10.1. The molecule has 1 aliphatic rings. The van der Waals surface area contributed by atoms with Crippen LogP contribution < -0.4 is 0 Å². The Hall–Kier alpha value is 0.200. The predicted molar refractivity (Wildman–Crippen MR) is 43.2 cm³/mol. The highest BCUT2D eigenvalue weighted by Crippen LogP contribution is 2.16. The smallest absolute Gasteiger partial charge is 0.232 e. The zero-order chi connectivity index (χ0) is 8.32. The molecular weight excluding hydrogens is 188 g/mol. The van der Waals surface area contributed by atoms with Gasteiger partial charge in [-0.05, 0) is 18.8 Å². The molecule has 0 amide bonds. The van der Waals surface area contributed by atoms with Gasteiger partial charge < -0.3 is 4.74 Å². The second kappa shape index (κ2) is 3.74. The van der Waals surface area contributed by atoms with Gasteiger partial charge in [0, 0.05) is 17.3 Å². The van der Waals surface area contributed by atoms with Crippen LogP contribution in [0.4, 0.5) is 0 Å². The van der Waals surface area contributed by atoms with Crippen molar-refractivity contribution in [2.24, 2.45) is 5.92 Å². The summed E-state index contributed by atoms with van der Waals surface area (Å²) < 4.78 is 26.3. The van der Waals surface area contributed by atoms with E-state index in [-0.39, 0.29) is 11.7 Å². The molecule has 1 rings (SSSR count). The Kier molecular flexibility index (Phi) is 3.16. The van der Waals surface area contributed by atoms with Gasteiger partial charge in [-0.15, -0.1) is 0 Å². The van der Waals surface area contributed by atoms with Crippen molar-refractivity contribution in [3.8, 4) is 0 Å². The SMILES string of the molecule is O=S(=O)(Cl)C[C@H]1CCCOC1. The summed E-state index contributed by atoms with van der Waals surface area (Å²) in [5.41, 5.74) is 0. The Morgan fingerprint density at radius 2 is 2.27 bits per heavy atom. The molecule has 0 unspecified atom stereocenters. The zero-order valence-electron chi connectivity index (χ0n) is 6.12. The molecule has 1 atom stereocenters. The van der Waals surface area contributed by atoms with Gasteiger partial charge in [0.05, 0.1) is 12.4 Å². The maximum Gasteiger partial charge on any atom is 0.232 e. The first-order chi connectivity index (χ1) is 5.08. The van der Waals surface area contributed by atoms with E-state index >= 15 is 0 Å². The van der Waals surface area contributed by atoms with E-state index in [0.29, 0.717) is 6.61 Å². The van der Waals surface area contributed by atoms with E-state index in [1.165, 1.54) is 0 Å². The topological polar surface area (TPSA) is 43.4 Å². The van der Waals surface area contributed by atoms with Crippen molar-refractivity contribution in [2.45, 2.75) is 12.8 Å². The van der Waals surface area contributed by atoms with Crippen LogP contribution >= 0.6 is 10.7 Å². The minimum Gasteiger partial charge on any atom is -0.381 e. The van der Waals surface area contributed by atoms with E-state index in [2.05, 4.69) is 0 Å². The number of ether oxygens (including phenoxy) is 1. The molecule has 5 heteroatoms. The van der Waals surface area contributed by atoms with E-state index in [0.717, 1.165) is 19.4 Å². The Balaban J connectivity index is 2.36. The molecule has 0 aromatic rings. The summed E-state index contributed by atoms with van der Waals surface area (Å²) in [4.78, 5) is 0. The molecule has 1 aliphatic heterocycles. The molecule has 0 saturated carbocycles. The highest BCUT2D eigenvalue weighted by atomic mass is 35.7. The van der Waals surface area contributed by atoms with E-state index in [1.54, 1.807) is 0 Å². The summed E-state index contributed by atoms with van der Waals surface area (Å²) in [5, 5.41) is 0. The van der Waals surface area contributed by atoms with Crippen LogP contribution in [0, 0.1) is 5.92 Å². The fraction of sp³-hybridized carbons (Fsp3) is 1.00. The van der Waals surface area contributed by atoms with Gasteiger partial charge in [0.2, 0.25) is 9.05 Å². The molecule has 11 heavy (non-hydrogen) atoms. The van der Waals surface area contributed by atoms with Crippen LogP contribution in [-0.2, 0) is 13.8 Å². The largest absolute Gasteiger partial charge is 0.381 e. The highest BCUT2D eigenvalue weighted by Gasteiger charge is 2.19. The van der Waals surface area contributed by atoms with E-state index in [1.807, 2.05) is 0 Å². The van der Waals surface area contributed by atoms with Gasteiger partial charge in [0.15, 0.2) is 0 Å². The summed E-state index contributed by atoms with van der Waals surface area (Å²) in [6.45, 7) is 1.28. The second-order valence-corrected chi connectivity index (χ2v) is 5.61. The van der Waals surface area contributed by atoms with Crippen LogP contribution in [-0.4, -0.2) is 27.4 Å². The quantitative estimate of drug-likeness (QED) is 0.622. The minimum atomic E-state index is -3.33. The van der Waals surface area contributed by atoms with Gasteiger partial charge in [0.1, 0.15) is 0 Å². The molecule has 1 saturated heterocycles. The van der Waals surface area contributed by atoms with Crippen molar-refractivity contribution in [1.29, 1.82) is 0 Å². The van der Waals surface area contributed by atoms with Crippen LogP contribution in [0.25, 0.3) is 0 Å². The van der Waals surface area contributed by atoms with Gasteiger partial charge in [-0.2, -0.15) is 0 Å². The van der Waals surface area contributed by atoms with E-state index < -0.39 is 9.05 Å². The van der Waals surface area contributed by atoms with Crippen molar-refractivity contribution in [3.05, 3.63) is 0 Å². The molecular formula is C6H11ClO3S. The molecule has 0 radical (unpaired) electrons. The summed E-state index contributed by atoms with van der Waals surface area (Å²) in [6, 6.07) is 0. The summed E-state index contributed by atoms with van der Waals surface area (Å²) in [7, 11) is 1.75. The first kappa shape index (κ1) is 9.29. The van der Waals surface area contributed by atoms with Crippen molar-refractivity contribution < 1.29 is 13.2 Å². The normalized spacial score (nSPS) is 26.8. The van der Waals surface area contributed by atoms with Crippen molar-refractivity contribution >= 4 is 19.7 Å². The van der Waals surface area contributed by atoms with Crippen molar-refractivity contribution in [2.75, 3.05) is 19.0 Å². The van der Waals surface area contributed by atoms with Gasteiger partial charge in [-0.25, -0.2) is 8.42 Å². The first-order valence-corrected chi connectivity index (χ1v) is 6.06.